The first kappa shape index (κ1) is 25.8. The van der Waals surface area contributed by atoms with Crippen LogP contribution < -0.4 is 0 Å². The second-order valence-corrected chi connectivity index (χ2v) is 8.67. The Bertz CT molecular complexity index is 1430. The Kier molecular flexibility index (Phi) is 7.74. The summed E-state index contributed by atoms with van der Waals surface area (Å²) in [5, 5.41) is 8.21. The van der Waals surface area contributed by atoms with E-state index in [1.54, 1.807) is 102 Å². The van der Waals surface area contributed by atoms with Crippen molar-refractivity contribution in [2.45, 2.75) is 38.1 Å². The van der Waals surface area contributed by atoms with Crippen LogP contribution in [0.2, 0.25) is 0 Å². The molecule has 0 saturated carbocycles. The Morgan fingerprint density at radius 3 is 1.64 bits per heavy atom. The van der Waals surface area contributed by atoms with E-state index in [1.165, 1.54) is 0 Å². The smallest absolute Gasteiger partial charge is 0.340 e. The van der Waals surface area contributed by atoms with Gasteiger partial charge in [-0.05, 0) is 43.3 Å². The molecule has 5 rings (SSSR count). The maximum Gasteiger partial charge on any atom is 0.340 e. The molecule has 0 aliphatic carbocycles. The summed E-state index contributed by atoms with van der Waals surface area (Å²) < 4.78 is 25.0. The third kappa shape index (κ3) is 5.86. The van der Waals surface area contributed by atoms with Crippen molar-refractivity contribution in [3.05, 3.63) is 120 Å². The summed E-state index contributed by atoms with van der Waals surface area (Å²) in [7, 11) is 0. The van der Waals surface area contributed by atoms with Gasteiger partial charge < -0.3 is 18.9 Å². The van der Waals surface area contributed by atoms with E-state index in [0.29, 0.717) is 12.2 Å². The summed E-state index contributed by atoms with van der Waals surface area (Å²) in [6.45, 7) is 2.42. The van der Waals surface area contributed by atoms with E-state index in [2.05, 4.69) is 10.3 Å². The number of hydrogen-bond acceptors (Lipinski definition) is 9. The minimum Gasteiger partial charge on any atom is -0.451 e. The highest BCUT2D eigenvalue weighted by atomic mass is 16.7. The number of ether oxygens (including phenoxy) is 4. The molecule has 4 atom stereocenters. The van der Waals surface area contributed by atoms with Crippen molar-refractivity contribution >= 4 is 17.9 Å². The molecular formula is C29H25N3O7. The SMILES string of the molecule is CCn1cc(C2OC(OC(=O)c3ccccc3)C(OC(=O)c3ccccc3)C2OC(=O)c2ccccc2)nn1. The Balaban J connectivity index is 1.50. The van der Waals surface area contributed by atoms with Crippen molar-refractivity contribution in [1.82, 2.24) is 15.0 Å². The van der Waals surface area contributed by atoms with Gasteiger partial charge in [0.2, 0.25) is 12.4 Å². The molecular weight excluding hydrogens is 502 g/mol. The number of carbonyl (C=O) groups excluding carboxylic acids is 3. The first-order valence-corrected chi connectivity index (χ1v) is 12.4. The van der Waals surface area contributed by atoms with Gasteiger partial charge in [-0.3, -0.25) is 4.68 Å². The molecule has 1 aromatic heterocycles. The summed E-state index contributed by atoms with van der Waals surface area (Å²) in [6, 6.07) is 25.0. The Morgan fingerprint density at radius 2 is 1.18 bits per heavy atom. The van der Waals surface area contributed by atoms with Crippen LogP contribution >= 0.6 is 0 Å². The van der Waals surface area contributed by atoms with E-state index in [-0.39, 0.29) is 16.7 Å². The first-order chi connectivity index (χ1) is 19.0. The van der Waals surface area contributed by atoms with E-state index in [4.69, 9.17) is 18.9 Å². The Labute approximate surface area is 224 Å². The quantitative estimate of drug-likeness (QED) is 0.247. The molecule has 4 unspecified atom stereocenters. The molecule has 1 aliphatic heterocycles. The summed E-state index contributed by atoms with van der Waals surface area (Å²) in [5.74, 6) is -2.08. The zero-order valence-electron chi connectivity index (χ0n) is 21.0. The van der Waals surface area contributed by atoms with Crippen LogP contribution in [0.1, 0.15) is 49.8 Å². The second kappa shape index (κ2) is 11.7. The van der Waals surface area contributed by atoms with Gasteiger partial charge in [0.05, 0.1) is 22.9 Å². The molecule has 1 aliphatic rings. The third-order valence-corrected chi connectivity index (χ3v) is 6.08. The second-order valence-electron chi connectivity index (χ2n) is 8.67. The summed E-state index contributed by atoms with van der Waals surface area (Å²) >= 11 is 0. The molecule has 39 heavy (non-hydrogen) atoms. The standard InChI is InChI=1S/C29H25N3O7/c1-2-32-18-22(30-31-32)23-24(36-26(33)19-12-6-3-7-13-19)25(37-27(34)20-14-8-4-9-15-20)29(38-23)39-28(35)21-16-10-5-11-17-21/h3-18,23-25,29H,2H2,1H3. The molecule has 198 valence electrons. The zero-order chi connectivity index (χ0) is 27.2. The van der Waals surface area contributed by atoms with Gasteiger partial charge in [-0.15, -0.1) is 5.10 Å². The summed E-state index contributed by atoms with van der Waals surface area (Å²) in [4.78, 5) is 39.2. The molecule has 10 nitrogen and oxygen atoms in total. The number of aromatic nitrogens is 3. The highest BCUT2D eigenvalue weighted by Gasteiger charge is 2.53. The molecule has 0 amide bonds. The van der Waals surface area contributed by atoms with Crippen LogP contribution in [0.3, 0.4) is 0 Å². The maximum absolute atomic E-state index is 13.1. The van der Waals surface area contributed by atoms with E-state index in [0.717, 1.165) is 0 Å². The van der Waals surface area contributed by atoms with Gasteiger partial charge in [-0.2, -0.15) is 0 Å². The van der Waals surface area contributed by atoms with Crippen LogP contribution in [0.5, 0.6) is 0 Å². The fraction of sp³-hybridized carbons (Fsp3) is 0.207. The molecule has 0 bridgehead atoms. The van der Waals surface area contributed by atoms with Gasteiger partial charge in [0.25, 0.3) is 0 Å². The molecule has 4 aromatic rings. The summed E-state index contributed by atoms with van der Waals surface area (Å²) in [5.41, 5.74) is 1.14. The van der Waals surface area contributed by atoms with E-state index < -0.39 is 42.5 Å². The summed E-state index contributed by atoms with van der Waals surface area (Å²) in [6.07, 6.45) is -3.34. The number of esters is 3. The normalized spacial score (nSPS) is 20.2. The number of benzene rings is 3. The number of rotatable bonds is 8. The van der Waals surface area contributed by atoms with E-state index in [1.807, 2.05) is 6.92 Å². The number of carbonyl (C=O) groups is 3. The van der Waals surface area contributed by atoms with Gasteiger partial charge in [0.15, 0.2) is 6.10 Å². The van der Waals surface area contributed by atoms with Gasteiger partial charge >= 0.3 is 17.9 Å². The molecule has 0 N–H and O–H groups in total. The van der Waals surface area contributed by atoms with Crippen molar-refractivity contribution < 1.29 is 33.3 Å². The van der Waals surface area contributed by atoms with Gasteiger partial charge in [0.1, 0.15) is 11.8 Å². The zero-order valence-corrected chi connectivity index (χ0v) is 21.0. The van der Waals surface area contributed by atoms with Gasteiger partial charge in [-0.25, -0.2) is 14.4 Å². The van der Waals surface area contributed by atoms with Crippen LogP contribution in [-0.2, 0) is 25.5 Å². The minimum atomic E-state index is -1.41. The highest BCUT2D eigenvalue weighted by molar-refractivity contribution is 5.91. The lowest BCUT2D eigenvalue weighted by molar-refractivity contribution is -0.137. The average molecular weight is 528 g/mol. The van der Waals surface area contributed by atoms with Crippen LogP contribution in [0.25, 0.3) is 0 Å². The Morgan fingerprint density at radius 1 is 0.718 bits per heavy atom. The lowest BCUT2D eigenvalue weighted by atomic mass is 10.1. The molecule has 2 heterocycles. The maximum atomic E-state index is 13.1. The van der Waals surface area contributed by atoms with Crippen molar-refractivity contribution in [3.63, 3.8) is 0 Å². The molecule has 0 spiro atoms. The third-order valence-electron chi connectivity index (χ3n) is 6.08. The molecule has 1 saturated heterocycles. The monoisotopic (exact) mass is 527 g/mol. The van der Waals surface area contributed by atoms with Crippen LogP contribution in [0, 0.1) is 0 Å². The molecule has 0 radical (unpaired) electrons. The topological polar surface area (TPSA) is 119 Å². The first-order valence-electron chi connectivity index (χ1n) is 12.4. The predicted octanol–water partition coefficient (Wildman–Crippen LogP) is 4.00. The largest absolute Gasteiger partial charge is 0.451 e. The van der Waals surface area contributed by atoms with Crippen molar-refractivity contribution in [2.75, 3.05) is 0 Å². The fourth-order valence-electron chi connectivity index (χ4n) is 4.09. The lowest BCUT2D eigenvalue weighted by Gasteiger charge is -2.23. The van der Waals surface area contributed by atoms with Crippen LogP contribution in [-0.4, -0.2) is 51.4 Å². The number of hydrogen-bond donors (Lipinski definition) is 0. The molecule has 1 fully saturated rings. The van der Waals surface area contributed by atoms with Crippen molar-refractivity contribution in [3.8, 4) is 0 Å². The highest BCUT2D eigenvalue weighted by Crippen LogP contribution is 2.38. The minimum absolute atomic E-state index is 0.263. The molecule has 10 heteroatoms. The van der Waals surface area contributed by atoms with Crippen molar-refractivity contribution in [1.29, 1.82) is 0 Å². The van der Waals surface area contributed by atoms with E-state index in [9.17, 15) is 14.4 Å². The average Bonchev–Trinajstić information content (AvgIpc) is 3.59. The van der Waals surface area contributed by atoms with Crippen LogP contribution in [0.15, 0.2) is 97.2 Å². The molecule has 3 aromatic carbocycles. The predicted molar refractivity (Wildman–Crippen MR) is 136 cm³/mol. The fourth-order valence-corrected chi connectivity index (χ4v) is 4.09. The number of aryl methyl sites for hydroxylation is 1. The lowest BCUT2D eigenvalue weighted by Crippen LogP contribution is -2.40. The van der Waals surface area contributed by atoms with E-state index >= 15 is 0 Å². The van der Waals surface area contributed by atoms with Gasteiger partial charge in [-0.1, -0.05) is 59.8 Å². The van der Waals surface area contributed by atoms with Crippen molar-refractivity contribution in [2.24, 2.45) is 0 Å². The number of nitrogens with zero attached hydrogens (tertiary/aromatic N) is 3. The van der Waals surface area contributed by atoms with Gasteiger partial charge in [0, 0.05) is 6.54 Å². The Hall–Kier alpha value is -4.83. The van der Waals surface area contributed by atoms with Crippen LogP contribution in [0.4, 0.5) is 0 Å².